The number of halogens is 1. The quantitative estimate of drug-likeness (QED) is 0.877. The number of likely N-dealkylation sites (N-methyl/N-ethyl adjacent to an activating group) is 1. The van der Waals surface area contributed by atoms with Crippen LogP contribution >= 0.6 is 0 Å². The topological polar surface area (TPSA) is 49.4 Å². The van der Waals surface area contributed by atoms with Gasteiger partial charge in [0.15, 0.2) is 0 Å². The Kier molecular flexibility index (Phi) is 5.16. The van der Waals surface area contributed by atoms with Crippen molar-refractivity contribution < 1.29 is 14.0 Å². The largest absolute Gasteiger partial charge is 0.352 e. The van der Waals surface area contributed by atoms with Crippen molar-refractivity contribution in [2.45, 2.75) is 39.2 Å². The minimum atomic E-state index is -0.271. The first kappa shape index (κ1) is 16.5. The van der Waals surface area contributed by atoms with Crippen molar-refractivity contribution in [1.82, 2.24) is 10.2 Å². The molecule has 1 aromatic rings. The molecule has 0 aromatic heterocycles. The van der Waals surface area contributed by atoms with Gasteiger partial charge >= 0.3 is 0 Å². The van der Waals surface area contributed by atoms with E-state index in [9.17, 15) is 14.0 Å². The Bertz CT molecular complexity index is 542. The summed E-state index contributed by atoms with van der Waals surface area (Å²) in [7, 11) is 0. The van der Waals surface area contributed by atoms with E-state index in [1.807, 2.05) is 20.8 Å². The first-order valence-electron chi connectivity index (χ1n) is 7.76. The first-order valence-corrected chi connectivity index (χ1v) is 7.76. The average molecular weight is 306 g/mol. The van der Waals surface area contributed by atoms with Gasteiger partial charge in [0.2, 0.25) is 11.8 Å². The maximum absolute atomic E-state index is 12.9. The smallest absolute Gasteiger partial charge is 0.239 e. The van der Waals surface area contributed by atoms with Crippen molar-refractivity contribution in [2.75, 3.05) is 13.1 Å². The van der Waals surface area contributed by atoms with Crippen molar-refractivity contribution in [3.05, 3.63) is 35.6 Å². The molecular formula is C17H23FN2O2. The van der Waals surface area contributed by atoms with Gasteiger partial charge in [-0.2, -0.15) is 0 Å². The molecule has 2 unspecified atom stereocenters. The molecule has 0 aliphatic heterocycles. The second-order valence-corrected chi connectivity index (χ2v) is 6.07. The second-order valence-electron chi connectivity index (χ2n) is 6.07. The molecule has 0 spiro atoms. The zero-order valence-corrected chi connectivity index (χ0v) is 13.3. The molecule has 0 radical (unpaired) electrons. The summed E-state index contributed by atoms with van der Waals surface area (Å²) in [5, 5.41) is 2.80. The third kappa shape index (κ3) is 4.06. The number of hydrogen-bond acceptors (Lipinski definition) is 2. The number of carbonyl (C=O) groups is 2. The molecule has 1 saturated carbocycles. The van der Waals surface area contributed by atoms with Crippen molar-refractivity contribution in [3.8, 4) is 0 Å². The van der Waals surface area contributed by atoms with Gasteiger partial charge in [0, 0.05) is 18.5 Å². The summed E-state index contributed by atoms with van der Waals surface area (Å²) < 4.78 is 12.9. The van der Waals surface area contributed by atoms with Gasteiger partial charge in [-0.15, -0.1) is 0 Å². The van der Waals surface area contributed by atoms with E-state index in [1.54, 1.807) is 17.0 Å². The summed E-state index contributed by atoms with van der Waals surface area (Å²) in [6.45, 7) is 6.26. The number of carbonyl (C=O) groups excluding carboxylic acids is 2. The molecule has 0 heterocycles. The standard InChI is InChI=1S/C17H23FN2O2/c1-4-20(10-16(21)19-11(2)3)17(22)15-9-14(15)12-5-7-13(18)8-6-12/h5-8,11,14-15H,4,9-10H2,1-3H3,(H,19,21). The van der Waals surface area contributed by atoms with E-state index in [0.29, 0.717) is 6.54 Å². The van der Waals surface area contributed by atoms with Crippen LogP contribution in [0.15, 0.2) is 24.3 Å². The van der Waals surface area contributed by atoms with Crippen LogP contribution in [-0.4, -0.2) is 35.8 Å². The van der Waals surface area contributed by atoms with E-state index in [0.717, 1.165) is 12.0 Å². The molecule has 0 bridgehead atoms. The van der Waals surface area contributed by atoms with Crippen LogP contribution in [0.5, 0.6) is 0 Å². The summed E-state index contributed by atoms with van der Waals surface area (Å²) in [5.41, 5.74) is 0.988. The average Bonchev–Trinajstić information content (AvgIpc) is 3.24. The molecule has 120 valence electrons. The lowest BCUT2D eigenvalue weighted by Crippen LogP contribution is -2.43. The van der Waals surface area contributed by atoms with Crippen LogP contribution in [0, 0.1) is 11.7 Å². The summed E-state index contributed by atoms with van der Waals surface area (Å²) in [6.07, 6.45) is 0.771. The zero-order chi connectivity index (χ0) is 16.3. The van der Waals surface area contributed by atoms with Crippen molar-refractivity contribution in [2.24, 2.45) is 5.92 Å². The fourth-order valence-electron chi connectivity index (χ4n) is 2.67. The van der Waals surface area contributed by atoms with E-state index >= 15 is 0 Å². The van der Waals surface area contributed by atoms with Gasteiger partial charge in [0.25, 0.3) is 0 Å². The molecule has 1 aromatic carbocycles. The van der Waals surface area contributed by atoms with Gasteiger partial charge in [-0.1, -0.05) is 12.1 Å². The lowest BCUT2D eigenvalue weighted by molar-refractivity contribution is -0.137. The fraction of sp³-hybridized carbons (Fsp3) is 0.529. The number of benzene rings is 1. The maximum Gasteiger partial charge on any atom is 0.239 e. The Labute approximate surface area is 130 Å². The molecule has 2 rings (SSSR count). The molecule has 1 aliphatic carbocycles. The number of rotatable bonds is 6. The predicted molar refractivity (Wildman–Crippen MR) is 82.8 cm³/mol. The normalized spacial score (nSPS) is 19.9. The Balaban J connectivity index is 1.93. The Morgan fingerprint density at radius 2 is 1.95 bits per heavy atom. The van der Waals surface area contributed by atoms with E-state index in [2.05, 4.69) is 5.32 Å². The van der Waals surface area contributed by atoms with Gasteiger partial charge in [0.1, 0.15) is 5.82 Å². The Hall–Kier alpha value is -1.91. The van der Waals surface area contributed by atoms with Crippen LogP contribution in [0.25, 0.3) is 0 Å². The molecular weight excluding hydrogens is 283 g/mol. The molecule has 0 saturated heterocycles. The highest BCUT2D eigenvalue weighted by atomic mass is 19.1. The van der Waals surface area contributed by atoms with Crippen molar-refractivity contribution in [1.29, 1.82) is 0 Å². The van der Waals surface area contributed by atoms with Gasteiger partial charge in [-0.3, -0.25) is 9.59 Å². The van der Waals surface area contributed by atoms with E-state index < -0.39 is 0 Å². The molecule has 5 heteroatoms. The third-order valence-electron chi connectivity index (χ3n) is 3.88. The summed E-state index contributed by atoms with van der Waals surface area (Å²) in [4.78, 5) is 25.9. The Morgan fingerprint density at radius 3 is 2.50 bits per heavy atom. The number of amides is 2. The van der Waals surface area contributed by atoms with Crippen LogP contribution in [0.1, 0.15) is 38.7 Å². The van der Waals surface area contributed by atoms with Crippen LogP contribution < -0.4 is 5.32 Å². The van der Waals surface area contributed by atoms with Crippen molar-refractivity contribution in [3.63, 3.8) is 0 Å². The lowest BCUT2D eigenvalue weighted by atomic mass is 10.1. The minimum Gasteiger partial charge on any atom is -0.352 e. The SMILES string of the molecule is CCN(CC(=O)NC(C)C)C(=O)C1CC1c1ccc(F)cc1. The third-order valence-corrected chi connectivity index (χ3v) is 3.88. The highest BCUT2D eigenvalue weighted by Gasteiger charge is 2.45. The molecule has 1 fully saturated rings. The Morgan fingerprint density at radius 1 is 1.32 bits per heavy atom. The molecule has 2 atom stereocenters. The van der Waals surface area contributed by atoms with E-state index in [4.69, 9.17) is 0 Å². The first-order chi connectivity index (χ1) is 10.4. The van der Waals surface area contributed by atoms with Crippen LogP contribution in [0.3, 0.4) is 0 Å². The fourth-order valence-corrected chi connectivity index (χ4v) is 2.67. The number of nitrogens with zero attached hydrogens (tertiary/aromatic N) is 1. The van der Waals surface area contributed by atoms with Gasteiger partial charge in [0.05, 0.1) is 6.54 Å². The van der Waals surface area contributed by atoms with Crippen molar-refractivity contribution >= 4 is 11.8 Å². The highest BCUT2D eigenvalue weighted by Crippen LogP contribution is 2.48. The van der Waals surface area contributed by atoms with Gasteiger partial charge in [-0.05, 0) is 50.8 Å². The highest BCUT2D eigenvalue weighted by molar-refractivity contribution is 5.88. The number of nitrogens with one attached hydrogen (secondary N) is 1. The van der Waals surface area contributed by atoms with Crippen LogP contribution in [0.2, 0.25) is 0 Å². The maximum atomic E-state index is 12.9. The number of hydrogen-bond donors (Lipinski definition) is 1. The van der Waals surface area contributed by atoms with Crippen LogP contribution in [-0.2, 0) is 9.59 Å². The van der Waals surface area contributed by atoms with E-state index in [1.165, 1.54) is 12.1 Å². The molecule has 22 heavy (non-hydrogen) atoms. The second kappa shape index (κ2) is 6.90. The van der Waals surface area contributed by atoms with Gasteiger partial charge in [-0.25, -0.2) is 4.39 Å². The predicted octanol–water partition coefficient (Wildman–Crippen LogP) is 2.30. The summed E-state index contributed by atoms with van der Waals surface area (Å²) >= 11 is 0. The van der Waals surface area contributed by atoms with Gasteiger partial charge < -0.3 is 10.2 Å². The molecule has 1 aliphatic rings. The summed E-state index contributed by atoms with van der Waals surface area (Å²) in [6, 6.07) is 6.37. The van der Waals surface area contributed by atoms with E-state index in [-0.39, 0.29) is 42.1 Å². The minimum absolute atomic E-state index is 0.00994. The monoisotopic (exact) mass is 306 g/mol. The lowest BCUT2D eigenvalue weighted by Gasteiger charge is -2.21. The summed E-state index contributed by atoms with van der Waals surface area (Å²) in [5.74, 6) is -0.333. The molecule has 1 N–H and O–H groups in total. The molecule has 2 amide bonds. The van der Waals surface area contributed by atoms with Crippen LogP contribution in [0.4, 0.5) is 4.39 Å². The molecule has 4 nitrogen and oxygen atoms in total. The zero-order valence-electron chi connectivity index (χ0n) is 13.3.